The fourth-order valence-corrected chi connectivity index (χ4v) is 1.63. The van der Waals surface area contributed by atoms with Crippen molar-refractivity contribution in [3.8, 4) is 23.6 Å². The van der Waals surface area contributed by atoms with Crippen molar-refractivity contribution >= 4 is 12.0 Å². The molecule has 0 atom stereocenters. The van der Waals surface area contributed by atoms with Crippen LogP contribution in [-0.2, 0) is 0 Å². The van der Waals surface area contributed by atoms with Crippen molar-refractivity contribution in [2.24, 2.45) is 10.7 Å². The minimum atomic E-state index is -0.225. The lowest BCUT2D eigenvalue weighted by Gasteiger charge is -2.06. The fourth-order valence-electron chi connectivity index (χ4n) is 1.63. The Morgan fingerprint density at radius 3 is 2.26 bits per heavy atom. The summed E-state index contributed by atoms with van der Waals surface area (Å²) in [4.78, 5) is 3.80. The van der Waals surface area contributed by atoms with Crippen molar-refractivity contribution in [2.45, 2.75) is 0 Å². The summed E-state index contributed by atoms with van der Waals surface area (Å²) in [5.41, 5.74) is 5.73. The van der Waals surface area contributed by atoms with E-state index in [0.717, 1.165) is 11.4 Å². The summed E-state index contributed by atoms with van der Waals surface area (Å²) < 4.78 is 5.67. The van der Waals surface area contributed by atoms with Crippen molar-refractivity contribution in [3.63, 3.8) is 0 Å². The molecule has 0 amide bonds. The maximum Gasteiger partial charge on any atom is 0.175 e. The molecule has 0 saturated carbocycles. The van der Waals surface area contributed by atoms with Gasteiger partial charge in [0, 0.05) is 5.69 Å². The third-order valence-electron chi connectivity index (χ3n) is 2.74. The number of anilines is 1. The number of nitriles is 2. The van der Waals surface area contributed by atoms with E-state index < -0.39 is 0 Å². The number of para-hydroxylation sites is 1. The van der Waals surface area contributed by atoms with Gasteiger partial charge in [0.2, 0.25) is 0 Å². The van der Waals surface area contributed by atoms with Gasteiger partial charge in [0.1, 0.15) is 29.3 Å². The van der Waals surface area contributed by atoms with Crippen molar-refractivity contribution in [1.29, 1.82) is 10.5 Å². The fraction of sp³-hybridized carbons (Fsp3) is 0. The molecule has 6 heteroatoms. The molecule has 2 aromatic rings. The SMILES string of the molecule is N#CC(N)=C(C#N)N=CNc1ccc(Oc2ccccc2)cc1. The number of allylic oxidation sites excluding steroid dienone is 2. The van der Waals surface area contributed by atoms with Gasteiger partial charge in [-0.15, -0.1) is 0 Å². The van der Waals surface area contributed by atoms with Gasteiger partial charge in [-0.25, -0.2) is 4.99 Å². The van der Waals surface area contributed by atoms with Gasteiger partial charge in [-0.2, -0.15) is 10.5 Å². The molecule has 0 aliphatic heterocycles. The smallest absolute Gasteiger partial charge is 0.175 e. The first-order chi connectivity index (χ1) is 11.2. The molecule has 2 aromatic carbocycles. The van der Waals surface area contributed by atoms with Crippen LogP contribution in [0.4, 0.5) is 5.69 Å². The molecular formula is C17H13N5O. The monoisotopic (exact) mass is 303 g/mol. The summed E-state index contributed by atoms with van der Waals surface area (Å²) in [6, 6.07) is 20.1. The Bertz CT molecular complexity index is 796. The predicted octanol–water partition coefficient (Wildman–Crippen LogP) is 3.14. The molecule has 3 N–H and O–H groups in total. The number of benzene rings is 2. The van der Waals surface area contributed by atoms with Crippen LogP contribution < -0.4 is 15.8 Å². The zero-order chi connectivity index (χ0) is 16.5. The second kappa shape index (κ2) is 7.87. The van der Waals surface area contributed by atoms with Crippen LogP contribution in [0.3, 0.4) is 0 Å². The molecule has 0 saturated heterocycles. The number of nitrogens with one attached hydrogen (secondary N) is 1. The third kappa shape index (κ3) is 4.62. The summed E-state index contributed by atoms with van der Waals surface area (Å²) in [5, 5.41) is 20.3. The van der Waals surface area contributed by atoms with Gasteiger partial charge >= 0.3 is 0 Å². The van der Waals surface area contributed by atoms with Crippen molar-refractivity contribution in [2.75, 3.05) is 5.32 Å². The number of hydrogen-bond donors (Lipinski definition) is 2. The average molecular weight is 303 g/mol. The first-order valence-corrected chi connectivity index (χ1v) is 6.65. The van der Waals surface area contributed by atoms with Crippen LogP contribution in [0.1, 0.15) is 0 Å². The van der Waals surface area contributed by atoms with E-state index in [9.17, 15) is 0 Å². The number of nitrogens with two attached hydrogens (primary N) is 1. The molecule has 0 bridgehead atoms. The Hall–Kier alpha value is -3.77. The Balaban J connectivity index is 1.98. The highest BCUT2D eigenvalue weighted by Crippen LogP contribution is 2.22. The second-order valence-corrected chi connectivity index (χ2v) is 4.33. The van der Waals surface area contributed by atoms with Crippen LogP contribution >= 0.6 is 0 Å². The normalized spacial score (nSPS) is 11.2. The summed E-state index contributed by atoms with van der Waals surface area (Å²) >= 11 is 0. The Morgan fingerprint density at radius 1 is 1.00 bits per heavy atom. The number of rotatable bonds is 5. The van der Waals surface area contributed by atoms with Gasteiger partial charge in [0.25, 0.3) is 0 Å². The molecule has 2 rings (SSSR count). The molecule has 0 radical (unpaired) electrons. The maximum atomic E-state index is 8.80. The Kier molecular flexibility index (Phi) is 5.34. The van der Waals surface area contributed by atoms with E-state index in [1.165, 1.54) is 6.34 Å². The van der Waals surface area contributed by atoms with E-state index in [4.69, 9.17) is 21.0 Å². The molecule has 0 aliphatic rings. The van der Waals surface area contributed by atoms with Crippen molar-refractivity contribution in [1.82, 2.24) is 0 Å². The summed E-state index contributed by atoms with van der Waals surface area (Å²) in [7, 11) is 0. The van der Waals surface area contributed by atoms with Crippen LogP contribution in [0, 0.1) is 22.7 Å². The van der Waals surface area contributed by atoms with Gasteiger partial charge in [-0.1, -0.05) is 18.2 Å². The van der Waals surface area contributed by atoms with E-state index in [-0.39, 0.29) is 11.4 Å². The molecule has 0 heterocycles. The first kappa shape index (κ1) is 15.6. The number of nitrogens with zero attached hydrogens (tertiary/aromatic N) is 3. The Labute approximate surface area is 133 Å². The van der Waals surface area contributed by atoms with Crippen molar-refractivity contribution < 1.29 is 4.74 Å². The molecule has 0 unspecified atom stereocenters. The zero-order valence-corrected chi connectivity index (χ0v) is 12.1. The summed E-state index contributed by atoms with van der Waals surface area (Å²) in [6.07, 6.45) is 1.30. The van der Waals surface area contributed by atoms with E-state index >= 15 is 0 Å². The second-order valence-electron chi connectivity index (χ2n) is 4.33. The van der Waals surface area contributed by atoms with Crippen molar-refractivity contribution in [3.05, 3.63) is 66.0 Å². The molecular weight excluding hydrogens is 290 g/mol. The number of hydrogen-bond acceptors (Lipinski definition) is 5. The van der Waals surface area contributed by atoms with E-state index in [1.54, 1.807) is 36.4 Å². The summed E-state index contributed by atoms with van der Waals surface area (Å²) in [5.74, 6) is 1.45. The molecule has 6 nitrogen and oxygen atoms in total. The first-order valence-electron chi connectivity index (χ1n) is 6.65. The zero-order valence-electron chi connectivity index (χ0n) is 12.1. The lowest BCUT2D eigenvalue weighted by atomic mass is 10.3. The van der Waals surface area contributed by atoms with Crippen LogP contribution in [0.25, 0.3) is 0 Å². The van der Waals surface area contributed by atoms with Gasteiger partial charge in [-0.3, -0.25) is 0 Å². The number of ether oxygens (including phenoxy) is 1. The van der Waals surface area contributed by atoms with E-state index in [2.05, 4.69) is 10.3 Å². The third-order valence-corrected chi connectivity index (χ3v) is 2.74. The highest BCUT2D eigenvalue weighted by atomic mass is 16.5. The Morgan fingerprint density at radius 2 is 1.65 bits per heavy atom. The largest absolute Gasteiger partial charge is 0.457 e. The lowest BCUT2D eigenvalue weighted by Crippen LogP contribution is -2.00. The maximum absolute atomic E-state index is 8.80. The van der Waals surface area contributed by atoms with E-state index in [0.29, 0.717) is 5.75 Å². The van der Waals surface area contributed by atoms with Gasteiger partial charge in [-0.05, 0) is 36.4 Å². The molecule has 0 fully saturated rings. The minimum absolute atomic E-state index is 0.135. The van der Waals surface area contributed by atoms with Gasteiger partial charge in [0.05, 0.1) is 6.34 Å². The average Bonchev–Trinajstić information content (AvgIpc) is 2.60. The summed E-state index contributed by atoms with van der Waals surface area (Å²) in [6.45, 7) is 0. The van der Waals surface area contributed by atoms with Crippen LogP contribution in [0.2, 0.25) is 0 Å². The van der Waals surface area contributed by atoms with E-state index in [1.807, 2.05) is 30.3 Å². The van der Waals surface area contributed by atoms with Crippen LogP contribution in [0.15, 0.2) is 71.0 Å². The standard InChI is InChI=1S/C17H13N5O/c18-10-16(20)17(11-19)22-12-21-13-6-8-15(9-7-13)23-14-4-2-1-3-5-14/h1-9,12H,20H2,(H,21,22). The molecule has 0 aliphatic carbocycles. The quantitative estimate of drug-likeness (QED) is 0.501. The van der Waals surface area contributed by atoms with Gasteiger partial charge < -0.3 is 15.8 Å². The van der Waals surface area contributed by atoms with Crippen LogP contribution in [0.5, 0.6) is 11.5 Å². The van der Waals surface area contributed by atoms with Crippen LogP contribution in [-0.4, -0.2) is 6.34 Å². The highest BCUT2D eigenvalue weighted by Gasteiger charge is 1.99. The lowest BCUT2D eigenvalue weighted by molar-refractivity contribution is 0.483. The molecule has 112 valence electrons. The molecule has 0 aromatic heterocycles. The predicted molar refractivity (Wildman–Crippen MR) is 87.5 cm³/mol. The van der Waals surface area contributed by atoms with Gasteiger partial charge in [0.15, 0.2) is 5.70 Å². The molecule has 0 spiro atoms. The minimum Gasteiger partial charge on any atom is -0.457 e. The number of aliphatic imine (C=N–C) groups is 1. The molecule has 23 heavy (non-hydrogen) atoms. The highest BCUT2D eigenvalue weighted by molar-refractivity contribution is 5.77. The topological polar surface area (TPSA) is 107 Å².